The Labute approximate surface area is 192 Å². The maximum absolute atomic E-state index is 13.0. The number of carbonyl (C=O) groups is 3. The van der Waals surface area contributed by atoms with Crippen LogP contribution in [0.3, 0.4) is 0 Å². The molecular formula is C23H31N5O3S. The number of carbonyl (C=O) groups excluding carboxylic acids is 3. The van der Waals surface area contributed by atoms with Gasteiger partial charge in [-0.15, -0.1) is 10.2 Å². The summed E-state index contributed by atoms with van der Waals surface area (Å²) in [6.07, 6.45) is 8.04. The number of aromatic nitrogens is 2. The first-order chi connectivity index (χ1) is 15.3. The number of nitrogens with one attached hydrogen (secondary N) is 2. The maximum atomic E-state index is 13.0. The molecule has 1 aromatic carbocycles. The molecule has 1 aromatic heterocycles. The van der Waals surface area contributed by atoms with E-state index in [2.05, 4.69) is 27.8 Å². The highest BCUT2D eigenvalue weighted by molar-refractivity contribution is 7.15. The van der Waals surface area contributed by atoms with Crippen LogP contribution in [0.15, 0.2) is 24.3 Å². The van der Waals surface area contributed by atoms with E-state index in [1.54, 1.807) is 6.92 Å². The van der Waals surface area contributed by atoms with Crippen LogP contribution >= 0.6 is 11.3 Å². The van der Waals surface area contributed by atoms with Gasteiger partial charge < -0.3 is 5.32 Å². The predicted octanol–water partition coefficient (Wildman–Crippen LogP) is 4.16. The van der Waals surface area contributed by atoms with Gasteiger partial charge in [-0.3, -0.25) is 19.8 Å². The number of anilines is 1. The second kappa shape index (κ2) is 10.7. The smallest absolute Gasteiger partial charge is 0.319 e. The van der Waals surface area contributed by atoms with Gasteiger partial charge >= 0.3 is 6.03 Å². The number of rotatable bonds is 11. The third-order valence-corrected chi connectivity index (χ3v) is 6.56. The number of urea groups is 1. The van der Waals surface area contributed by atoms with Crippen molar-refractivity contribution in [3.63, 3.8) is 0 Å². The van der Waals surface area contributed by atoms with Crippen LogP contribution in [0.4, 0.5) is 9.93 Å². The van der Waals surface area contributed by atoms with Gasteiger partial charge in [0.15, 0.2) is 0 Å². The topological polar surface area (TPSA) is 104 Å². The zero-order chi connectivity index (χ0) is 23.1. The lowest BCUT2D eigenvalue weighted by Crippen LogP contribution is -2.42. The molecule has 1 unspecified atom stereocenters. The van der Waals surface area contributed by atoms with Crippen LogP contribution in [0.2, 0.25) is 0 Å². The number of hydrogen-bond acceptors (Lipinski definition) is 6. The third-order valence-electron chi connectivity index (χ3n) is 5.66. The molecule has 0 spiro atoms. The van der Waals surface area contributed by atoms with Crippen molar-refractivity contribution in [2.24, 2.45) is 0 Å². The second-order valence-corrected chi connectivity index (χ2v) is 9.44. The average molecular weight is 458 g/mol. The molecule has 1 fully saturated rings. The molecule has 0 radical (unpaired) electrons. The Balaban J connectivity index is 1.52. The number of imide groups is 1. The van der Waals surface area contributed by atoms with Crippen LogP contribution in [-0.4, -0.2) is 39.5 Å². The first-order valence-electron chi connectivity index (χ1n) is 11.2. The van der Waals surface area contributed by atoms with Gasteiger partial charge in [-0.1, -0.05) is 80.2 Å². The van der Waals surface area contributed by atoms with Crippen LogP contribution < -0.4 is 10.6 Å². The first-order valence-corrected chi connectivity index (χ1v) is 12.0. The van der Waals surface area contributed by atoms with Crippen LogP contribution in [0.25, 0.3) is 0 Å². The van der Waals surface area contributed by atoms with Gasteiger partial charge in [-0.25, -0.2) is 4.79 Å². The highest BCUT2D eigenvalue weighted by atomic mass is 32.1. The minimum absolute atomic E-state index is 0.377. The van der Waals surface area contributed by atoms with Crippen LogP contribution in [0, 0.1) is 6.92 Å². The molecule has 1 saturated heterocycles. The second-order valence-electron chi connectivity index (χ2n) is 8.38. The summed E-state index contributed by atoms with van der Waals surface area (Å²) in [5.41, 5.74) is 0.532. The summed E-state index contributed by atoms with van der Waals surface area (Å²) < 4.78 is 0. The van der Waals surface area contributed by atoms with E-state index in [0.717, 1.165) is 34.7 Å². The molecular weight excluding hydrogens is 426 g/mol. The molecule has 1 atom stereocenters. The lowest BCUT2D eigenvalue weighted by atomic mass is 9.91. The molecule has 1 aliphatic rings. The van der Waals surface area contributed by atoms with Crippen molar-refractivity contribution in [3.05, 3.63) is 40.4 Å². The molecule has 2 aromatic rings. The molecule has 2 N–H and O–H groups in total. The Morgan fingerprint density at radius 2 is 1.78 bits per heavy atom. The SMILES string of the molecule is CCCCCCCCc1nnc(NC(=O)CN2C(=O)NC(C)(c3ccc(C)cc3)C2=O)s1. The maximum Gasteiger partial charge on any atom is 0.325 e. The molecule has 9 heteroatoms. The molecule has 1 aliphatic heterocycles. The summed E-state index contributed by atoms with van der Waals surface area (Å²) in [5.74, 6) is -0.938. The van der Waals surface area contributed by atoms with E-state index in [4.69, 9.17) is 0 Å². The molecule has 0 saturated carbocycles. The van der Waals surface area contributed by atoms with Crippen molar-refractivity contribution in [2.45, 2.75) is 71.3 Å². The summed E-state index contributed by atoms with van der Waals surface area (Å²) >= 11 is 1.33. The molecule has 4 amide bonds. The number of amides is 4. The number of nitrogens with zero attached hydrogens (tertiary/aromatic N) is 3. The van der Waals surface area contributed by atoms with E-state index in [0.29, 0.717) is 10.7 Å². The Hall–Kier alpha value is -2.81. The quantitative estimate of drug-likeness (QED) is 0.390. The van der Waals surface area contributed by atoms with Gasteiger partial charge in [0.2, 0.25) is 11.0 Å². The number of unbranched alkanes of at least 4 members (excludes halogenated alkanes) is 5. The zero-order valence-electron chi connectivity index (χ0n) is 18.9. The van der Waals surface area contributed by atoms with E-state index in [1.807, 2.05) is 31.2 Å². The van der Waals surface area contributed by atoms with Gasteiger partial charge in [0.25, 0.3) is 5.91 Å². The van der Waals surface area contributed by atoms with Crippen molar-refractivity contribution >= 4 is 34.3 Å². The van der Waals surface area contributed by atoms with E-state index in [9.17, 15) is 14.4 Å². The highest BCUT2D eigenvalue weighted by Gasteiger charge is 2.49. The van der Waals surface area contributed by atoms with E-state index in [1.165, 1.54) is 37.0 Å². The normalized spacial score (nSPS) is 18.2. The average Bonchev–Trinajstić information content (AvgIpc) is 3.29. The fourth-order valence-electron chi connectivity index (χ4n) is 3.69. The molecule has 172 valence electrons. The predicted molar refractivity (Wildman–Crippen MR) is 124 cm³/mol. The third kappa shape index (κ3) is 5.70. The Morgan fingerprint density at radius 3 is 2.50 bits per heavy atom. The summed E-state index contributed by atoms with van der Waals surface area (Å²) in [6, 6.07) is 6.79. The fraction of sp³-hybridized carbons (Fsp3) is 0.522. The first kappa shape index (κ1) is 23.8. The summed E-state index contributed by atoms with van der Waals surface area (Å²) in [7, 11) is 0. The van der Waals surface area contributed by atoms with Crippen molar-refractivity contribution < 1.29 is 14.4 Å². The van der Waals surface area contributed by atoms with Gasteiger partial charge in [-0.2, -0.15) is 0 Å². The largest absolute Gasteiger partial charge is 0.325 e. The van der Waals surface area contributed by atoms with Crippen molar-refractivity contribution in [3.8, 4) is 0 Å². The highest BCUT2D eigenvalue weighted by Crippen LogP contribution is 2.29. The number of benzene rings is 1. The molecule has 8 nitrogen and oxygen atoms in total. The van der Waals surface area contributed by atoms with Crippen molar-refractivity contribution in [1.29, 1.82) is 0 Å². The van der Waals surface area contributed by atoms with Gasteiger partial charge in [0.05, 0.1) is 0 Å². The Morgan fingerprint density at radius 1 is 1.09 bits per heavy atom. The molecule has 0 aliphatic carbocycles. The number of aryl methyl sites for hydroxylation is 2. The lowest BCUT2D eigenvalue weighted by molar-refractivity contribution is -0.133. The lowest BCUT2D eigenvalue weighted by Gasteiger charge is -2.22. The van der Waals surface area contributed by atoms with E-state index < -0.39 is 23.4 Å². The molecule has 32 heavy (non-hydrogen) atoms. The van der Waals surface area contributed by atoms with Crippen LogP contribution in [0.5, 0.6) is 0 Å². The van der Waals surface area contributed by atoms with Crippen molar-refractivity contribution in [1.82, 2.24) is 20.4 Å². The molecule has 3 rings (SSSR count). The molecule has 2 heterocycles. The van der Waals surface area contributed by atoms with Crippen molar-refractivity contribution in [2.75, 3.05) is 11.9 Å². The fourth-order valence-corrected chi connectivity index (χ4v) is 4.48. The van der Waals surface area contributed by atoms with E-state index in [-0.39, 0.29) is 6.54 Å². The minimum atomic E-state index is -1.20. The summed E-state index contributed by atoms with van der Waals surface area (Å²) in [4.78, 5) is 38.8. The van der Waals surface area contributed by atoms with Gasteiger partial charge in [0.1, 0.15) is 17.1 Å². The standard InChI is InChI=1S/C23H31N5O3S/c1-4-5-6-7-8-9-10-19-26-27-21(32-19)24-18(29)15-28-20(30)23(3,25-22(28)31)17-13-11-16(2)12-14-17/h11-14H,4-10,15H2,1-3H3,(H,25,31)(H,24,27,29). The monoisotopic (exact) mass is 457 g/mol. The number of hydrogen-bond donors (Lipinski definition) is 2. The Kier molecular flexibility index (Phi) is 7.95. The van der Waals surface area contributed by atoms with Gasteiger partial charge in [0, 0.05) is 6.42 Å². The summed E-state index contributed by atoms with van der Waals surface area (Å²) in [6.45, 7) is 5.42. The molecule has 0 bridgehead atoms. The summed E-state index contributed by atoms with van der Waals surface area (Å²) in [5, 5.41) is 14.8. The van der Waals surface area contributed by atoms with Crippen LogP contribution in [-0.2, 0) is 21.5 Å². The van der Waals surface area contributed by atoms with Crippen LogP contribution in [0.1, 0.15) is 68.5 Å². The van der Waals surface area contributed by atoms with Gasteiger partial charge in [-0.05, 0) is 25.8 Å². The Bertz CT molecular complexity index is 959. The zero-order valence-corrected chi connectivity index (χ0v) is 19.8. The van der Waals surface area contributed by atoms with E-state index >= 15 is 0 Å². The minimum Gasteiger partial charge on any atom is -0.319 e.